The fourth-order valence-electron chi connectivity index (χ4n) is 1.95. The van der Waals surface area contributed by atoms with Crippen LogP contribution in [-0.4, -0.2) is 19.0 Å². The molecule has 1 amide bonds. The Morgan fingerprint density at radius 2 is 1.75 bits per heavy atom. The molecule has 0 spiro atoms. The van der Waals surface area contributed by atoms with E-state index in [1.165, 1.54) is 12.1 Å². The number of halogens is 1. The van der Waals surface area contributed by atoms with Gasteiger partial charge in [-0.25, -0.2) is 4.39 Å². The summed E-state index contributed by atoms with van der Waals surface area (Å²) in [7, 11) is 0. The number of benzene rings is 2. The van der Waals surface area contributed by atoms with Crippen molar-refractivity contribution in [1.29, 1.82) is 0 Å². The molecule has 0 bridgehead atoms. The molecule has 0 heterocycles. The largest absolute Gasteiger partial charge is 0.376 e. The van der Waals surface area contributed by atoms with Crippen LogP contribution in [0, 0.1) is 5.82 Å². The number of rotatable bonds is 5. The summed E-state index contributed by atoms with van der Waals surface area (Å²) < 4.78 is 12.8. The predicted octanol–water partition coefficient (Wildman–Crippen LogP) is 3.29. The maximum absolute atomic E-state index is 12.8. The number of likely N-dealkylation sites (N-methyl/N-ethyl adjacent to an activating group) is 1. The molecule has 2 rings (SSSR count). The second-order valence-corrected chi connectivity index (χ2v) is 4.33. The van der Waals surface area contributed by atoms with Gasteiger partial charge >= 0.3 is 0 Å². The van der Waals surface area contributed by atoms with Crippen molar-refractivity contribution in [2.45, 2.75) is 6.92 Å². The van der Waals surface area contributed by atoms with Crippen LogP contribution in [0.4, 0.5) is 15.8 Å². The van der Waals surface area contributed by atoms with Gasteiger partial charge in [0.1, 0.15) is 5.82 Å². The average Bonchev–Trinajstić information content (AvgIpc) is 2.48. The highest BCUT2D eigenvalue weighted by Crippen LogP contribution is 2.13. The fraction of sp³-hybridized carbons (Fsp3) is 0.188. The lowest BCUT2D eigenvalue weighted by Gasteiger charge is -2.21. The Labute approximate surface area is 118 Å². The van der Waals surface area contributed by atoms with Crippen LogP contribution in [0.2, 0.25) is 0 Å². The van der Waals surface area contributed by atoms with Crippen molar-refractivity contribution >= 4 is 17.3 Å². The predicted molar refractivity (Wildman–Crippen MR) is 79.4 cm³/mol. The topological polar surface area (TPSA) is 32.3 Å². The first kappa shape index (κ1) is 14.1. The normalized spacial score (nSPS) is 10.1. The van der Waals surface area contributed by atoms with Gasteiger partial charge in [0.25, 0.3) is 0 Å². The van der Waals surface area contributed by atoms with Crippen LogP contribution < -0.4 is 10.2 Å². The molecule has 20 heavy (non-hydrogen) atoms. The second kappa shape index (κ2) is 6.70. The van der Waals surface area contributed by atoms with Gasteiger partial charge in [0.2, 0.25) is 5.91 Å². The van der Waals surface area contributed by atoms with Crippen LogP contribution in [0.1, 0.15) is 6.92 Å². The van der Waals surface area contributed by atoms with Gasteiger partial charge in [-0.1, -0.05) is 18.2 Å². The number of carbonyl (C=O) groups is 1. The minimum absolute atomic E-state index is 0.0250. The molecule has 0 fully saturated rings. The first-order valence-electron chi connectivity index (χ1n) is 6.55. The van der Waals surface area contributed by atoms with Crippen LogP contribution in [0.5, 0.6) is 0 Å². The van der Waals surface area contributed by atoms with E-state index in [1.807, 2.05) is 37.3 Å². The highest BCUT2D eigenvalue weighted by Gasteiger charge is 2.12. The molecule has 0 atom stereocenters. The van der Waals surface area contributed by atoms with Gasteiger partial charge in [-0.15, -0.1) is 0 Å². The van der Waals surface area contributed by atoms with Gasteiger partial charge < -0.3 is 10.2 Å². The molecule has 3 nitrogen and oxygen atoms in total. The van der Waals surface area contributed by atoms with Crippen molar-refractivity contribution in [3.63, 3.8) is 0 Å². The summed E-state index contributed by atoms with van der Waals surface area (Å²) in [5.74, 6) is -0.315. The van der Waals surface area contributed by atoms with Gasteiger partial charge in [0, 0.05) is 17.9 Å². The van der Waals surface area contributed by atoms with E-state index < -0.39 is 0 Å². The van der Waals surface area contributed by atoms with Crippen molar-refractivity contribution in [1.82, 2.24) is 0 Å². The van der Waals surface area contributed by atoms with E-state index >= 15 is 0 Å². The van der Waals surface area contributed by atoms with E-state index in [1.54, 1.807) is 17.0 Å². The van der Waals surface area contributed by atoms with E-state index in [4.69, 9.17) is 0 Å². The highest BCUT2D eigenvalue weighted by molar-refractivity contribution is 5.96. The summed E-state index contributed by atoms with van der Waals surface area (Å²) in [5.41, 5.74) is 1.60. The zero-order chi connectivity index (χ0) is 14.4. The fourth-order valence-corrected chi connectivity index (χ4v) is 1.95. The third-order valence-corrected chi connectivity index (χ3v) is 2.97. The smallest absolute Gasteiger partial charge is 0.246 e. The highest BCUT2D eigenvalue weighted by atomic mass is 19.1. The standard InChI is InChI=1S/C16H17FN2O/c1-2-19(15-6-4-3-5-7-15)16(20)12-18-14-10-8-13(17)9-11-14/h3-11,18H,2,12H2,1H3. The van der Waals surface area contributed by atoms with Crippen molar-refractivity contribution in [3.8, 4) is 0 Å². The summed E-state index contributed by atoms with van der Waals surface area (Å²) in [4.78, 5) is 13.9. The molecule has 2 aromatic rings. The Kier molecular flexibility index (Phi) is 4.71. The molecule has 0 saturated carbocycles. The lowest BCUT2D eigenvalue weighted by molar-refractivity contribution is -0.116. The van der Waals surface area contributed by atoms with E-state index in [0.717, 1.165) is 11.4 Å². The zero-order valence-electron chi connectivity index (χ0n) is 11.3. The third-order valence-electron chi connectivity index (χ3n) is 2.97. The summed E-state index contributed by atoms with van der Waals surface area (Å²) >= 11 is 0. The van der Waals surface area contributed by atoms with Crippen molar-refractivity contribution in [2.75, 3.05) is 23.3 Å². The van der Waals surface area contributed by atoms with Crippen LogP contribution >= 0.6 is 0 Å². The van der Waals surface area contributed by atoms with E-state index in [-0.39, 0.29) is 18.3 Å². The maximum Gasteiger partial charge on any atom is 0.246 e. The summed E-state index contributed by atoms with van der Waals surface area (Å²) in [5, 5.41) is 3.00. The number of amides is 1. The Balaban J connectivity index is 1.98. The van der Waals surface area contributed by atoms with Crippen LogP contribution in [0.3, 0.4) is 0 Å². The van der Waals surface area contributed by atoms with Crippen molar-refractivity contribution < 1.29 is 9.18 Å². The number of hydrogen-bond acceptors (Lipinski definition) is 2. The van der Waals surface area contributed by atoms with Crippen molar-refractivity contribution in [2.24, 2.45) is 0 Å². The SMILES string of the molecule is CCN(C(=O)CNc1ccc(F)cc1)c1ccccc1. The zero-order valence-corrected chi connectivity index (χ0v) is 11.3. The quantitative estimate of drug-likeness (QED) is 0.905. The van der Waals surface area contributed by atoms with Crippen LogP contribution in [0.25, 0.3) is 0 Å². The first-order chi connectivity index (χ1) is 9.70. The van der Waals surface area contributed by atoms with E-state index in [0.29, 0.717) is 6.54 Å². The molecular formula is C16H17FN2O. The molecule has 0 aliphatic heterocycles. The number of carbonyl (C=O) groups excluding carboxylic acids is 1. The summed E-state index contributed by atoms with van der Waals surface area (Å²) in [6.07, 6.45) is 0. The number of hydrogen-bond donors (Lipinski definition) is 1. The molecule has 0 aromatic heterocycles. The van der Waals surface area contributed by atoms with Gasteiger partial charge in [0.15, 0.2) is 0 Å². The summed E-state index contributed by atoms with van der Waals surface area (Å²) in [6, 6.07) is 15.5. The first-order valence-corrected chi connectivity index (χ1v) is 6.55. The molecule has 0 aliphatic carbocycles. The molecule has 0 saturated heterocycles. The van der Waals surface area contributed by atoms with Gasteiger partial charge in [-0.3, -0.25) is 4.79 Å². The Morgan fingerprint density at radius 1 is 1.10 bits per heavy atom. The maximum atomic E-state index is 12.8. The van der Waals surface area contributed by atoms with Crippen LogP contribution in [-0.2, 0) is 4.79 Å². The molecule has 2 aromatic carbocycles. The Morgan fingerprint density at radius 3 is 2.35 bits per heavy atom. The monoisotopic (exact) mass is 272 g/mol. The lowest BCUT2D eigenvalue weighted by Crippen LogP contribution is -2.35. The molecule has 4 heteroatoms. The van der Waals surface area contributed by atoms with Crippen molar-refractivity contribution in [3.05, 3.63) is 60.4 Å². The van der Waals surface area contributed by atoms with Crippen LogP contribution in [0.15, 0.2) is 54.6 Å². The molecule has 0 unspecified atom stereocenters. The van der Waals surface area contributed by atoms with E-state index in [2.05, 4.69) is 5.32 Å². The minimum Gasteiger partial charge on any atom is -0.376 e. The van der Waals surface area contributed by atoms with E-state index in [9.17, 15) is 9.18 Å². The molecular weight excluding hydrogens is 255 g/mol. The second-order valence-electron chi connectivity index (χ2n) is 4.33. The van der Waals surface area contributed by atoms with Gasteiger partial charge in [0.05, 0.1) is 6.54 Å². The number of nitrogens with zero attached hydrogens (tertiary/aromatic N) is 1. The Bertz CT molecular complexity index is 554. The molecule has 104 valence electrons. The third kappa shape index (κ3) is 3.57. The number of para-hydroxylation sites is 1. The number of anilines is 2. The van der Waals surface area contributed by atoms with Gasteiger partial charge in [-0.05, 0) is 43.3 Å². The molecule has 0 aliphatic rings. The number of nitrogens with one attached hydrogen (secondary N) is 1. The summed E-state index contributed by atoms with van der Waals surface area (Å²) in [6.45, 7) is 2.71. The molecule has 0 radical (unpaired) electrons. The minimum atomic E-state index is -0.290. The average molecular weight is 272 g/mol. The molecule has 1 N–H and O–H groups in total. The Hall–Kier alpha value is -2.36. The lowest BCUT2D eigenvalue weighted by atomic mass is 10.2. The van der Waals surface area contributed by atoms with Gasteiger partial charge in [-0.2, -0.15) is 0 Å².